The van der Waals surface area contributed by atoms with Gasteiger partial charge in [0.15, 0.2) is 0 Å². The quantitative estimate of drug-likeness (QED) is 0.648. The Labute approximate surface area is 157 Å². The number of sulfonamides is 1. The highest BCUT2D eigenvalue weighted by molar-refractivity contribution is 7.89. The van der Waals surface area contributed by atoms with Gasteiger partial charge < -0.3 is 4.74 Å². The second-order valence-electron chi connectivity index (χ2n) is 5.39. The average molecular weight is 414 g/mol. The van der Waals surface area contributed by atoms with Gasteiger partial charge in [-0.2, -0.15) is 13.2 Å². The summed E-state index contributed by atoms with van der Waals surface area (Å²) in [6, 6.07) is 10.2. The molecule has 0 saturated heterocycles. The van der Waals surface area contributed by atoms with Crippen LogP contribution in [0.4, 0.5) is 13.2 Å². The number of aromatic nitrogens is 1. The van der Waals surface area contributed by atoms with Crippen LogP contribution in [-0.2, 0) is 22.7 Å². The van der Waals surface area contributed by atoms with Crippen LogP contribution in [0.2, 0.25) is 0 Å². The van der Waals surface area contributed by atoms with Crippen LogP contribution in [0.5, 0.6) is 10.9 Å². The first-order valence-corrected chi connectivity index (χ1v) is 9.93. The number of halogens is 3. The van der Waals surface area contributed by atoms with Crippen molar-refractivity contribution in [3.63, 3.8) is 0 Å². The van der Waals surface area contributed by atoms with Crippen LogP contribution in [-0.4, -0.2) is 13.4 Å². The fourth-order valence-electron chi connectivity index (χ4n) is 2.14. The van der Waals surface area contributed by atoms with Gasteiger partial charge in [0.25, 0.3) is 5.19 Å². The van der Waals surface area contributed by atoms with E-state index in [1.165, 1.54) is 11.3 Å². The molecule has 0 bridgehead atoms. The van der Waals surface area contributed by atoms with Gasteiger partial charge in [0.2, 0.25) is 10.0 Å². The molecule has 27 heavy (non-hydrogen) atoms. The summed E-state index contributed by atoms with van der Waals surface area (Å²) in [5.74, 6) is 0.537. The highest BCUT2D eigenvalue weighted by Gasteiger charge is 2.31. The molecule has 10 heteroatoms. The smallest absolute Gasteiger partial charge is 0.416 e. The summed E-state index contributed by atoms with van der Waals surface area (Å²) in [6.45, 7) is -0.0733. The molecular formula is C17H13F3N2O3S2. The second-order valence-corrected chi connectivity index (χ2v) is 8.02. The van der Waals surface area contributed by atoms with E-state index in [9.17, 15) is 21.6 Å². The Morgan fingerprint density at radius 1 is 1.11 bits per heavy atom. The Morgan fingerprint density at radius 2 is 1.85 bits per heavy atom. The van der Waals surface area contributed by atoms with Crippen LogP contribution >= 0.6 is 11.3 Å². The lowest BCUT2D eigenvalue weighted by atomic mass is 10.2. The molecule has 1 N–H and O–H groups in total. The fraction of sp³-hybridized carbons (Fsp3) is 0.118. The Balaban J connectivity index is 1.67. The second kappa shape index (κ2) is 7.67. The first-order chi connectivity index (χ1) is 12.7. The minimum Gasteiger partial charge on any atom is -0.431 e. The van der Waals surface area contributed by atoms with E-state index in [1.807, 2.05) is 0 Å². The van der Waals surface area contributed by atoms with E-state index in [1.54, 1.807) is 35.8 Å². The number of hydrogen-bond acceptors (Lipinski definition) is 5. The number of alkyl halides is 3. The number of benzene rings is 2. The number of nitrogens with one attached hydrogen (secondary N) is 1. The van der Waals surface area contributed by atoms with Crippen molar-refractivity contribution >= 4 is 21.4 Å². The number of thiazole rings is 1. The highest BCUT2D eigenvalue weighted by Crippen LogP contribution is 2.30. The van der Waals surface area contributed by atoms with Crippen molar-refractivity contribution in [2.24, 2.45) is 0 Å². The number of nitrogens with zero attached hydrogens (tertiary/aromatic N) is 1. The molecule has 3 rings (SSSR count). The minimum atomic E-state index is -4.61. The topological polar surface area (TPSA) is 68.3 Å². The van der Waals surface area contributed by atoms with E-state index >= 15 is 0 Å². The summed E-state index contributed by atoms with van der Waals surface area (Å²) in [5, 5.41) is 2.25. The van der Waals surface area contributed by atoms with Crippen molar-refractivity contribution in [2.75, 3.05) is 0 Å². The molecule has 0 unspecified atom stereocenters. The monoisotopic (exact) mass is 414 g/mol. The Hall–Kier alpha value is -2.43. The van der Waals surface area contributed by atoms with E-state index in [0.29, 0.717) is 22.6 Å². The predicted octanol–water partition coefficient (Wildman–Crippen LogP) is 4.43. The van der Waals surface area contributed by atoms with Crippen LogP contribution < -0.4 is 9.46 Å². The van der Waals surface area contributed by atoms with Gasteiger partial charge in [-0.15, -0.1) is 0 Å². The van der Waals surface area contributed by atoms with Crippen LogP contribution in [0.1, 0.15) is 11.1 Å². The van der Waals surface area contributed by atoms with E-state index in [2.05, 4.69) is 9.71 Å². The van der Waals surface area contributed by atoms with Gasteiger partial charge in [-0.25, -0.2) is 18.1 Å². The predicted molar refractivity (Wildman–Crippen MR) is 94.1 cm³/mol. The lowest BCUT2D eigenvalue weighted by Crippen LogP contribution is -2.23. The van der Waals surface area contributed by atoms with Crippen LogP contribution in [0, 0.1) is 0 Å². The largest absolute Gasteiger partial charge is 0.431 e. The first kappa shape index (κ1) is 19.3. The van der Waals surface area contributed by atoms with Gasteiger partial charge in [0, 0.05) is 18.1 Å². The van der Waals surface area contributed by atoms with Gasteiger partial charge >= 0.3 is 6.18 Å². The zero-order chi connectivity index (χ0) is 19.5. The van der Waals surface area contributed by atoms with Crippen LogP contribution in [0.25, 0.3) is 0 Å². The fourth-order valence-corrected chi connectivity index (χ4v) is 3.71. The van der Waals surface area contributed by atoms with Crippen molar-refractivity contribution < 1.29 is 26.3 Å². The van der Waals surface area contributed by atoms with Crippen molar-refractivity contribution in [1.29, 1.82) is 0 Å². The molecule has 3 aromatic rings. The SMILES string of the molecule is O=S(=O)(NCc1ccc(Oc2nccs2)cc1)c1cccc(C(F)(F)F)c1. The molecule has 1 aromatic heterocycles. The summed E-state index contributed by atoms with van der Waals surface area (Å²) in [5.41, 5.74) is -0.397. The molecule has 142 valence electrons. The zero-order valence-electron chi connectivity index (χ0n) is 13.6. The molecule has 0 amide bonds. The third-order valence-electron chi connectivity index (χ3n) is 3.48. The molecular weight excluding hydrogens is 401 g/mol. The van der Waals surface area contributed by atoms with Gasteiger partial charge in [-0.05, 0) is 35.9 Å². The van der Waals surface area contributed by atoms with E-state index in [4.69, 9.17) is 4.74 Å². The maximum absolute atomic E-state index is 12.7. The molecule has 0 aliphatic carbocycles. The summed E-state index contributed by atoms with van der Waals surface area (Å²) < 4.78 is 70.5. The summed E-state index contributed by atoms with van der Waals surface area (Å²) >= 11 is 1.33. The molecule has 0 radical (unpaired) electrons. The number of rotatable bonds is 6. The minimum absolute atomic E-state index is 0.0733. The molecule has 5 nitrogen and oxygen atoms in total. The third kappa shape index (κ3) is 5.06. The Morgan fingerprint density at radius 3 is 2.48 bits per heavy atom. The lowest BCUT2D eigenvalue weighted by molar-refractivity contribution is -0.137. The molecule has 0 aliphatic rings. The summed E-state index contributed by atoms with van der Waals surface area (Å²) in [6.07, 6.45) is -3.00. The van der Waals surface area contributed by atoms with Crippen LogP contribution in [0.15, 0.2) is 65.0 Å². The molecule has 0 spiro atoms. The van der Waals surface area contributed by atoms with E-state index in [-0.39, 0.29) is 6.54 Å². The molecule has 0 fully saturated rings. The van der Waals surface area contributed by atoms with Crippen LogP contribution in [0.3, 0.4) is 0 Å². The molecule has 2 aromatic carbocycles. The lowest BCUT2D eigenvalue weighted by Gasteiger charge is -2.10. The summed E-state index contributed by atoms with van der Waals surface area (Å²) in [4.78, 5) is 3.54. The molecule has 0 aliphatic heterocycles. The Bertz CT molecular complexity index is 1000. The Kier molecular flexibility index (Phi) is 5.49. The van der Waals surface area contributed by atoms with Gasteiger partial charge in [-0.1, -0.05) is 29.5 Å². The van der Waals surface area contributed by atoms with Crippen molar-refractivity contribution in [3.8, 4) is 10.9 Å². The van der Waals surface area contributed by atoms with Gasteiger partial charge in [-0.3, -0.25) is 0 Å². The molecule has 1 heterocycles. The standard InChI is InChI=1S/C17H13F3N2O3S2/c18-17(19,20)13-2-1-3-15(10-13)27(23,24)22-11-12-4-6-14(7-5-12)25-16-21-8-9-26-16/h1-10,22H,11H2. The third-order valence-corrected chi connectivity index (χ3v) is 5.52. The van der Waals surface area contributed by atoms with E-state index in [0.717, 1.165) is 18.2 Å². The summed E-state index contributed by atoms with van der Waals surface area (Å²) in [7, 11) is -4.08. The zero-order valence-corrected chi connectivity index (χ0v) is 15.2. The maximum Gasteiger partial charge on any atom is 0.416 e. The van der Waals surface area contributed by atoms with Crippen molar-refractivity contribution in [2.45, 2.75) is 17.6 Å². The van der Waals surface area contributed by atoms with Gasteiger partial charge in [0.05, 0.1) is 10.5 Å². The number of ether oxygens (including phenoxy) is 1. The molecule has 0 atom stereocenters. The van der Waals surface area contributed by atoms with E-state index < -0.39 is 26.7 Å². The normalized spacial score (nSPS) is 12.1. The highest BCUT2D eigenvalue weighted by atomic mass is 32.2. The van der Waals surface area contributed by atoms with Gasteiger partial charge in [0.1, 0.15) is 5.75 Å². The van der Waals surface area contributed by atoms with Crippen molar-refractivity contribution in [3.05, 3.63) is 71.2 Å². The molecule has 0 saturated carbocycles. The average Bonchev–Trinajstić information content (AvgIpc) is 3.14. The maximum atomic E-state index is 12.7. The first-order valence-electron chi connectivity index (χ1n) is 7.57. The van der Waals surface area contributed by atoms with Crippen molar-refractivity contribution in [1.82, 2.24) is 9.71 Å². The number of hydrogen-bond donors (Lipinski definition) is 1.